The molecule has 0 radical (unpaired) electrons. The number of anilines is 1. The van der Waals surface area contributed by atoms with E-state index in [9.17, 15) is 0 Å². The molecule has 0 aliphatic rings. The van der Waals surface area contributed by atoms with E-state index in [1.165, 1.54) is 5.56 Å². The lowest BCUT2D eigenvalue weighted by atomic mass is 10.1. The molecule has 0 amide bonds. The summed E-state index contributed by atoms with van der Waals surface area (Å²) in [6.45, 7) is 3.25. The molecule has 0 saturated carbocycles. The molecule has 3 aromatic rings. The molecular weight excluding hydrogens is 470 g/mol. The van der Waals surface area contributed by atoms with E-state index in [0.717, 1.165) is 37.3 Å². The Labute approximate surface area is 177 Å². The Morgan fingerprint density at radius 3 is 2.30 bits per heavy atom. The van der Waals surface area contributed by atoms with Crippen LogP contribution in [0.15, 0.2) is 69.6 Å². The molecule has 0 spiro atoms. The van der Waals surface area contributed by atoms with Gasteiger partial charge in [-0.05, 0) is 64.8 Å². The number of ether oxygens (including phenoxy) is 2. The lowest BCUT2D eigenvalue weighted by Crippen LogP contribution is -2.05. The van der Waals surface area contributed by atoms with Crippen LogP contribution in [0.3, 0.4) is 0 Å². The number of aryl methyl sites for hydroxylation is 1. The molecule has 140 valence electrons. The maximum atomic E-state index is 6.15. The zero-order valence-corrected chi connectivity index (χ0v) is 18.4. The third kappa shape index (κ3) is 5.50. The fourth-order valence-electron chi connectivity index (χ4n) is 2.65. The molecule has 3 aromatic carbocycles. The summed E-state index contributed by atoms with van der Waals surface area (Å²) in [5, 5.41) is 3.44. The summed E-state index contributed by atoms with van der Waals surface area (Å²) >= 11 is 7.20. The van der Waals surface area contributed by atoms with E-state index in [0.29, 0.717) is 13.2 Å². The second-order valence-electron chi connectivity index (χ2n) is 6.23. The summed E-state index contributed by atoms with van der Waals surface area (Å²) in [6, 6.07) is 20.3. The molecule has 3 nitrogen and oxygen atoms in total. The summed E-state index contributed by atoms with van der Waals surface area (Å²) in [7, 11) is 1.67. The number of methoxy groups -OCH3 is 1. The van der Waals surface area contributed by atoms with Crippen molar-refractivity contribution in [1.82, 2.24) is 0 Å². The Hall–Kier alpha value is -1.98. The second-order valence-corrected chi connectivity index (χ2v) is 8.00. The maximum Gasteiger partial charge on any atom is 0.139 e. The van der Waals surface area contributed by atoms with E-state index >= 15 is 0 Å². The summed E-state index contributed by atoms with van der Waals surface area (Å²) < 4.78 is 13.3. The molecule has 3 rings (SSSR count). The van der Waals surface area contributed by atoms with Gasteiger partial charge in [0.25, 0.3) is 0 Å². The van der Waals surface area contributed by atoms with Gasteiger partial charge >= 0.3 is 0 Å². The second kappa shape index (κ2) is 9.29. The number of hydrogen-bond donors (Lipinski definition) is 1. The highest BCUT2D eigenvalue weighted by atomic mass is 79.9. The zero-order chi connectivity index (χ0) is 19.2. The van der Waals surface area contributed by atoms with Gasteiger partial charge in [-0.3, -0.25) is 0 Å². The van der Waals surface area contributed by atoms with Crippen LogP contribution >= 0.6 is 31.9 Å². The first-order chi connectivity index (χ1) is 13.0. The molecule has 5 heteroatoms. The molecule has 0 atom stereocenters. The van der Waals surface area contributed by atoms with E-state index in [4.69, 9.17) is 9.47 Å². The van der Waals surface area contributed by atoms with Crippen LogP contribution in [-0.2, 0) is 13.2 Å². The molecule has 0 fully saturated rings. The Bertz CT molecular complexity index is 893. The van der Waals surface area contributed by atoms with Crippen molar-refractivity contribution in [3.63, 3.8) is 0 Å². The van der Waals surface area contributed by atoms with Gasteiger partial charge in [0.05, 0.1) is 11.6 Å². The number of nitrogens with one attached hydrogen (secondary N) is 1. The van der Waals surface area contributed by atoms with Crippen molar-refractivity contribution in [2.24, 2.45) is 0 Å². The van der Waals surface area contributed by atoms with Gasteiger partial charge in [-0.25, -0.2) is 0 Å². The largest absolute Gasteiger partial charge is 0.497 e. The highest BCUT2D eigenvalue weighted by Gasteiger charge is 2.11. The first-order valence-electron chi connectivity index (χ1n) is 8.59. The standard InChI is InChI=1S/C22H21Br2NO2/c1-15-3-5-16(6-4-15)14-27-22-17(11-18(23)12-21(22)24)13-25-19-7-9-20(26-2)10-8-19/h3-12,25H,13-14H2,1-2H3. The van der Waals surface area contributed by atoms with Crippen LogP contribution in [0.2, 0.25) is 0 Å². The van der Waals surface area contributed by atoms with Crippen LogP contribution in [0.5, 0.6) is 11.5 Å². The monoisotopic (exact) mass is 489 g/mol. The summed E-state index contributed by atoms with van der Waals surface area (Å²) in [4.78, 5) is 0. The Morgan fingerprint density at radius 1 is 0.926 bits per heavy atom. The molecule has 0 aliphatic carbocycles. The van der Waals surface area contributed by atoms with E-state index < -0.39 is 0 Å². The Morgan fingerprint density at radius 2 is 1.63 bits per heavy atom. The quantitative estimate of drug-likeness (QED) is 0.398. The van der Waals surface area contributed by atoms with Crippen LogP contribution in [0.4, 0.5) is 5.69 Å². The highest BCUT2D eigenvalue weighted by Crippen LogP contribution is 2.34. The van der Waals surface area contributed by atoms with Gasteiger partial charge in [0.2, 0.25) is 0 Å². The number of rotatable bonds is 7. The molecular formula is C22H21Br2NO2. The Balaban J connectivity index is 1.73. The molecule has 0 unspecified atom stereocenters. The van der Waals surface area contributed by atoms with Gasteiger partial charge in [-0.15, -0.1) is 0 Å². The fourth-order valence-corrected chi connectivity index (χ4v) is 4.08. The predicted octanol–water partition coefficient (Wildman–Crippen LogP) is 6.72. The van der Waals surface area contributed by atoms with E-state index in [1.807, 2.05) is 30.3 Å². The first-order valence-corrected chi connectivity index (χ1v) is 10.2. The minimum atomic E-state index is 0.524. The van der Waals surface area contributed by atoms with Gasteiger partial charge in [0.1, 0.15) is 18.1 Å². The number of benzene rings is 3. The van der Waals surface area contributed by atoms with Gasteiger partial charge in [0.15, 0.2) is 0 Å². The lowest BCUT2D eigenvalue weighted by Gasteiger charge is -2.16. The van der Waals surface area contributed by atoms with E-state index in [-0.39, 0.29) is 0 Å². The van der Waals surface area contributed by atoms with E-state index in [1.54, 1.807) is 7.11 Å². The van der Waals surface area contributed by atoms with Crippen molar-refractivity contribution in [1.29, 1.82) is 0 Å². The highest BCUT2D eigenvalue weighted by molar-refractivity contribution is 9.11. The van der Waals surface area contributed by atoms with Crippen LogP contribution < -0.4 is 14.8 Å². The smallest absolute Gasteiger partial charge is 0.139 e. The lowest BCUT2D eigenvalue weighted by molar-refractivity contribution is 0.301. The molecule has 0 heterocycles. The number of hydrogen-bond acceptors (Lipinski definition) is 3. The van der Waals surface area contributed by atoms with Gasteiger partial charge in [-0.1, -0.05) is 45.8 Å². The third-order valence-electron chi connectivity index (χ3n) is 4.16. The molecule has 0 saturated heterocycles. The first kappa shape index (κ1) is 19.8. The Kier molecular flexibility index (Phi) is 6.80. The van der Waals surface area contributed by atoms with Gasteiger partial charge < -0.3 is 14.8 Å². The molecule has 0 bridgehead atoms. The van der Waals surface area contributed by atoms with Gasteiger partial charge in [-0.2, -0.15) is 0 Å². The zero-order valence-electron chi connectivity index (χ0n) is 15.3. The van der Waals surface area contributed by atoms with Crippen molar-refractivity contribution in [2.45, 2.75) is 20.1 Å². The maximum absolute atomic E-state index is 6.15. The predicted molar refractivity (Wildman–Crippen MR) is 118 cm³/mol. The summed E-state index contributed by atoms with van der Waals surface area (Å²) in [6.07, 6.45) is 0. The normalized spacial score (nSPS) is 10.5. The molecule has 1 N–H and O–H groups in total. The van der Waals surface area contributed by atoms with Crippen molar-refractivity contribution in [3.05, 3.63) is 86.3 Å². The van der Waals surface area contributed by atoms with E-state index in [2.05, 4.69) is 74.4 Å². The van der Waals surface area contributed by atoms with Crippen molar-refractivity contribution in [3.8, 4) is 11.5 Å². The number of halogens is 2. The fraction of sp³-hybridized carbons (Fsp3) is 0.182. The summed E-state index contributed by atoms with van der Waals surface area (Å²) in [5.74, 6) is 1.69. The van der Waals surface area contributed by atoms with Crippen LogP contribution in [0.1, 0.15) is 16.7 Å². The van der Waals surface area contributed by atoms with Crippen LogP contribution in [-0.4, -0.2) is 7.11 Å². The molecule has 0 aliphatic heterocycles. The minimum Gasteiger partial charge on any atom is -0.497 e. The van der Waals surface area contributed by atoms with Crippen LogP contribution in [0, 0.1) is 6.92 Å². The topological polar surface area (TPSA) is 30.5 Å². The SMILES string of the molecule is COc1ccc(NCc2cc(Br)cc(Br)c2OCc2ccc(C)cc2)cc1. The van der Waals surface area contributed by atoms with Crippen molar-refractivity contribution >= 4 is 37.5 Å². The van der Waals surface area contributed by atoms with Gasteiger partial charge in [0, 0.05) is 22.3 Å². The average Bonchev–Trinajstić information content (AvgIpc) is 2.67. The third-order valence-corrected chi connectivity index (χ3v) is 5.21. The van der Waals surface area contributed by atoms with Crippen molar-refractivity contribution in [2.75, 3.05) is 12.4 Å². The minimum absolute atomic E-state index is 0.524. The molecule has 0 aromatic heterocycles. The van der Waals surface area contributed by atoms with Crippen LogP contribution in [0.25, 0.3) is 0 Å². The molecule has 27 heavy (non-hydrogen) atoms. The average molecular weight is 491 g/mol. The summed E-state index contributed by atoms with van der Waals surface area (Å²) in [5.41, 5.74) is 4.48. The van der Waals surface area contributed by atoms with Crippen molar-refractivity contribution < 1.29 is 9.47 Å².